The number of ether oxygens (including phenoxy) is 6. The lowest BCUT2D eigenvalue weighted by Gasteiger charge is -2.60. The highest BCUT2D eigenvalue weighted by Crippen LogP contribution is 2.68. The van der Waals surface area contributed by atoms with E-state index in [2.05, 4.69) is 59.8 Å². The Morgan fingerprint density at radius 2 is 1.50 bits per heavy atom. The fraction of sp³-hybridized carbons (Fsp3) is 0.794. The molecule has 76 heavy (non-hydrogen) atoms. The van der Waals surface area contributed by atoms with Gasteiger partial charge in [-0.15, -0.1) is 0 Å². The van der Waals surface area contributed by atoms with Crippen LogP contribution in [0.3, 0.4) is 0 Å². The standard InChI is InChI=1S/C63H94O13/c1-9-42(40(2)3)12-10-11-41(4)50-17-18-51-49-16-15-45-37-48(23-26-59(45,5)52(49)24-27-61(50,51)7)73-33-31-71-29-30-72-32-34-74-54(66)19-20-55(67)76-39-56(68)75-38-53(65)63(70)28-21-46-35-43-13-14-44-36-47(64)22-25-60(44,6)57(43)58(69)62(46,63)8/h10-11,15,22,25,36,40-43,46,48-52,57-58,69-70H,9,12-14,16-21,23-24,26-35,37-39H2,1-8H3/b11-10+/t41-,42-,43+,46+,48+,49+,50-,51+,52+,57-,58-,59+,60+,61-,62-,63+/m1/s1. The van der Waals surface area contributed by atoms with E-state index in [1.165, 1.54) is 57.4 Å². The second-order valence-electron chi connectivity index (χ2n) is 25.9. The number of aliphatic hydroxyl groups excluding tert-OH is 1. The second kappa shape index (κ2) is 24.5. The van der Waals surface area contributed by atoms with Crippen molar-refractivity contribution in [3.8, 4) is 0 Å². The summed E-state index contributed by atoms with van der Waals surface area (Å²) in [6.45, 7) is 18.9. The number of esters is 3. The third-order valence-corrected chi connectivity index (χ3v) is 22.0. The predicted molar refractivity (Wildman–Crippen MR) is 288 cm³/mol. The van der Waals surface area contributed by atoms with Crippen molar-refractivity contribution in [2.45, 2.75) is 182 Å². The van der Waals surface area contributed by atoms with Crippen LogP contribution in [-0.4, -0.2) is 110 Å². The number of allylic oxidation sites excluding steroid dienone is 7. The molecule has 6 saturated carbocycles. The molecule has 0 saturated heterocycles. The largest absolute Gasteiger partial charge is 0.463 e. The Morgan fingerprint density at radius 3 is 2.24 bits per heavy atom. The van der Waals surface area contributed by atoms with E-state index in [1.54, 1.807) is 18.6 Å². The lowest BCUT2D eigenvalue weighted by Crippen LogP contribution is -2.65. The fourth-order valence-corrected chi connectivity index (χ4v) is 17.4. The summed E-state index contributed by atoms with van der Waals surface area (Å²) in [7, 11) is 0. The maximum absolute atomic E-state index is 13.7. The molecule has 0 aliphatic heterocycles. The van der Waals surface area contributed by atoms with Gasteiger partial charge in [0.05, 0.1) is 58.1 Å². The minimum atomic E-state index is -1.95. The SMILES string of the molecule is CC[C@H](C/C=C/[C@@H](C)[C@H]1CC[C@H]2[C@@H]3CC=C4C[C@@H](OCCOCCOCCOC(=O)CCC(=O)OCC(=O)OCC(=O)[C@@]5(O)CC[C@H]6C[C@@H]7CCC8=CC(=O)C=C[C@]8(C)[C@H]7[C@@H](O)[C@@]65C)CC[C@]4(C)[C@H]3CC[C@]12C)C(C)C. The first kappa shape index (κ1) is 58.7. The molecule has 8 aliphatic rings. The van der Waals surface area contributed by atoms with Gasteiger partial charge in [0.1, 0.15) is 12.2 Å². The van der Waals surface area contributed by atoms with Gasteiger partial charge in [0.15, 0.2) is 19.0 Å². The van der Waals surface area contributed by atoms with Gasteiger partial charge in [0.2, 0.25) is 5.78 Å². The molecule has 13 heteroatoms. The van der Waals surface area contributed by atoms with Crippen molar-refractivity contribution in [1.82, 2.24) is 0 Å². The minimum absolute atomic E-state index is 0.00471. The van der Waals surface area contributed by atoms with Gasteiger partial charge in [-0.2, -0.15) is 0 Å². The van der Waals surface area contributed by atoms with Crippen LogP contribution >= 0.6 is 0 Å². The zero-order valence-corrected chi connectivity index (χ0v) is 47.5. The molecule has 13 nitrogen and oxygen atoms in total. The molecule has 424 valence electrons. The number of carbonyl (C=O) groups excluding carboxylic acids is 5. The van der Waals surface area contributed by atoms with Crippen LogP contribution in [0.25, 0.3) is 0 Å². The summed E-state index contributed by atoms with van der Waals surface area (Å²) in [6, 6.07) is 0. The average Bonchev–Trinajstić information content (AvgIpc) is 3.94. The lowest BCUT2D eigenvalue weighted by molar-refractivity contribution is -0.202. The van der Waals surface area contributed by atoms with Crippen LogP contribution < -0.4 is 0 Å². The number of fused-ring (bicyclic) bond motifs is 9. The third kappa shape index (κ3) is 11.7. The van der Waals surface area contributed by atoms with Crippen molar-refractivity contribution < 1.29 is 62.6 Å². The summed E-state index contributed by atoms with van der Waals surface area (Å²) in [4.78, 5) is 63.0. The average molecular weight is 1060 g/mol. The first-order valence-corrected chi connectivity index (χ1v) is 29.7. The number of hydrogen-bond acceptors (Lipinski definition) is 13. The Labute approximate surface area is 454 Å². The van der Waals surface area contributed by atoms with Crippen molar-refractivity contribution >= 4 is 29.5 Å². The maximum Gasteiger partial charge on any atom is 0.344 e. The summed E-state index contributed by atoms with van der Waals surface area (Å²) in [5.74, 6) is 1.90. The molecular formula is C63H94O13. The van der Waals surface area contributed by atoms with E-state index in [1.807, 2.05) is 13.0 Å². The van der Waals surface area contributed by atoms with Gasteiger partial charge >= 0.3 is 17.9 Å². The third-order valence-electron chi connectivity index (χ3n) is 22.0. The van der Waals surface area contributed by atoms with E-state index >= 15 is 0 Å². The topological polar surface area (TPSA) is 181 Å². The van der Waals surface area contributed by atoms with Gasteiger partial charge in [-0.1, -0.05) is 97.3 Å². The number of hydrogen-bond donors (Lipinski definition) is 2. The molecule has 0 aromatic rings. The molecule has 0 spiro atoms. The second-order valence-corrected chi connectivity index (χ2v) is 25.9. The summed E-state index contributed by atoms with van der Waals surface area (Å²) in [5.41, 5.74) is -0.399. The number of carbonyl (C=O) groups is 5. The number of rotatable bonds is 24. The van der Waals surface area contributed by atoms with Crippen LogP contribution in [-0.2, 0) is 52.4 Å². The first-order chi connectivity index (χ1) is 36.2. The van der Waals surface area contributed by atoms with E-state index in [-0.39, 0.29) is 67.5 Å². The van der Waals surface area contributed by atoms with Crippen LogP contribution in [0.5, 0.6) is 0 Å². The quantitative estimate of drug-likeness (QED) is 0.0404. The highest BCUT2D eigenvalue weighted by molar-refractivity contribution is 6.01. The lowest BCUT2D eigenvalue weighted by atomic mass is 9.46. The Kier molecular flexibility index (Phi) is 18.9. The van der Waals surface area contributed by atoms with Gasteiger partial charge in [0.25, 0.3) is 0 Å². The Bertz CT molecular complexity index is 2230. The van der Waals surface area contributed by atoms with Crippen molar-refractivity contribution in [3.63, 3.8) is 0 Å². The van der Waals surface area contributed by atoms with Gasteiger partial charge < -0.3 is 38.6 Å². The van der Waals surface area contributed by atoms with Crippen LogP contribution in [0.1, 0.15) is 165 Å². The Hall–Kier alpha value is -3.49. The number of Topliss-reactive ketones (excluding diaryl/α,β-unsaturated/α-hetero) is 1. The van der Waals surface area contributed by atoms with Crippen molar-refractivity contribution in [2.75, 3.05) is 52.9 Å². The number of ketones is 2. The van der Waals surface area contributed by atoms with Crippen LogP contribution in [0.15, 0.2) is 47.6 Å². The monoisotopic (exact) mass is 1060 g/mol. The fourth-order valence-electron chi connectivity index (χ4n) is 17.4. The van der Waals surface area contributed by atoms with Crippen molar-refractivity contribution in [2.24, 2.45) is 80.8 Å². The molecule has 0 unspecified atom stereocenters. The Morgan fingerprint density at radius 1 is 0.789 bits per heavy atom. The smallest absolute Gasteiger partial charge is 0.344 e. The maximum atomic E-state index is 13.7. The summed E-state index contributed by atoms with van der Waals surface area (Å²) < 4.78 is 33.0. The van der Waals surface area contributed by atoms with Gasteiger partial charge in [-0.05, 0) is 166 Å². The molecule has 0 radical (unpaired) electrons. The van der Waals surface area contributed by atoms with Gasteiger partial charge in [-0.3, -0.25) is 19.2 Å². The normalized spacial score (nSPS) is 38.1. The predicted octanol–water partition coefficient (Wildman–Crippen LogP) is 10.2. The van der Waals surface area contributed by atoms with Crippen molar-refractivity contribution in [3.05, 3.63) is 47.6 Å². The zero-order valence-electron chi connectivity index (χ0n) is 47.5. The van der Waals surface area contributed by atoms with Crippen LogP contribution in [0.4, 0.5) is 0 Å². The van der Waals surface area contributed by atoms with Gasteiger partial charge in [0, 0.05) is 16.7 Å². The number of aliphatic hydroxyl groups is 2. The molecule has 6 fully saturated rings. The van der Waals surface area contributed by atoms with Gasteiger partial charge in [-0.25, -0.2) is 4.79 Å². The summed E-state index contributed by atoms with van der Waals surface area (Å²) in [6.07, 6.45) is 26.8. The Balaban J connectivity index is 0.649. The molecule has 16 atom stereocenters. The minimum Gasteiger partial charge on any atom is -0.463 e. The molecule has 8 aliphatic carbocycles. The summed E-state index contributed by atoms with van der Waals surface area (Å²) >= 11 is 0. The first-order valence-electron chi connectivity index (χ1n) is 29.7. The molecule has 0 amide bonds. The van der Waals surface area contributed by atoms with E-state index in [0.29, 0.717) is 44.2 Å². The summed E-state index contributed by atoms with van der Waals surface area (Å²) in [5, 5.41) is 24.1. The van der Waals surface area contributed by atoms with E-state index in [0.717, 1.165) is 73.2 Å². The molecule has 8 rings (SSSR count). The molecule has 0 aromatic heterocycles. The van der Waals surface area contributed by atoms with Crippen molar-refractivity contribution in [1.29, 1.82) is 0 Å². The molecule has 0 aromatic carbocycles. The van der Waals surface area contributed by atoms with Crippen LogP contribution in [0.2, 0.25) is 0 Å². The van der Waals surface area contributed by atoms with E-state index in [9.17, 15) is 34.2 Å². The highest BCUT2D eigenvalue weighted by atomic mass is 16.6. The molecule has 2 N–H and O–H groups in total. The van der Waals surface area contributed by atoms with E-state index < -0.39 is 59.4 Å². The van der Waals surface area contributed by atoms with E-state index in [4.69, 9.17) is 28.4 Å². The molecule has 0 heterocycles. The zero-order chi connectivity index (χ0) is 54.6. The molecular weight excluding hydrogens is 965 g/mol. The highest BCUT2D eigenvalue weighted by Gasteiger charge is 2.70. The molecule has 0 bridgehead atoms. The van der Waals surface area contributed by atoms with Crippen LogP contribution in [0, 0.1) is 80.8 Å².